The topological polar surface area (TPSA) is 113 Å². The van der Waals surface area contributed by atoms with E-state index in [0.29, 0.717) is 30.4 Å². The van der Waals surface area contributed by atoms with E-state index in [1.807, 2.05) is 17.0 Å². The Kier molecular flexibility index (Phi) is 11.5. The van der Waals surface area contributed by atoms with Crippen molar-refractivity contribution < 1.29 is 25.3 Å². The molecule has 0 unspecified atom stereocenters. The number of carboxylic acid groups (broad SMARTS) is 1. The molecule has 1 heterocycles. The van der Waals surface area contributed by atoms with Crippen LogP contribution in [0.2, 0.25) is 0 Å². The molecule has 3 rings (SSSR count). The second-order valence-electron chi connectivity index (χ2n) is 10.9. The van der Waals surface area contributed by atoms with Crippen molar-refractivity contribution in [2.45, 2.75) is 83.5 Å². The third-order valence-corrected chi connectivity index (χ3v) is 8.31. The number of amides is 1. The highest BCUT2D eigenvalue weighted by molar-refractivity contribution is 5.77. The van der Waals surface area contributed by atoms with Crippen LogP contribution in [0.3, 0.4) is 0 Å². The molecule has 1 aliphatic heterocycles. The first-order chi connectivity index (χ1) is 16.3. The molecule has 1 saturated carbocycles. The Labute approximate surface area is 210 Å². The van der Waals surface area contributed by atoms with Gasteiger partial charge in [-0.25, -0.2) is 0 Å². The summed E-state index contributed by atoms with van der Waals surface area (Å²) < 4.78 is 0. The summed E-state index contributed by atoms with van der Waals surface area (Å²) in [6, 6.07) is 7.70. The Morgan fingerprint density at radius 1 is 1.14 bits per heavy atom. The van der Waals surface area contributed by atoms with Gasteiger partial charge >= 0.3 is 5.97 Å². The van der Waals surface area contributed by atoms with E-state index in [1.165, 1.54) is 37.7 Å². The quantitative estimate of drug-likeness (QED) is 0.482. The van der Waals surface area contributed by atoms with Gasteiger partial charge in [0.2, 0.25) is 5.91 Å². The maximum atomic E-state index is 12.9. The van der Waals surface area contributed by atoms with Gasteiger partial charge in [-0.05, 0) is 80.1 Å². The van der Waals surface area contributed by atoms with E-state index >= 15 is 0 Å². The zero-order valence-corrected chi connectivity index (χ0v) is 21.7. The van der Waals surface area contributed by atoms with Gasteiger partial charge in [0.1, 0.15) is 5.75 Å². The molecule has 7 heteroatoms. The first-order valence-corrected chi connectivity index (χ1v) is 13.3. The number of likely N-dealkylation sites (tertiary alicyclic amines) is 1. The van der Waals surface area contributed by atoms with Gasteiger partial charge in [-0.1, -0.05) is 45.2 Å². The van der Waals surface area contributed by atoms with E-state index in [4.69, 9.17) is 5.11 Å². The predicted octanol–water partition coefficient (Wildman–Crippen LogP) is 4.22. The molecule has 2 aliphatic rings. The van der Waals surface area contributed by atoms with Crippen molar-refractivity contribution in [3.63, 3.8) is 0 Å². The highest BCUT2D eigenvalue weighted by Gasteiger charge is 2.38. The smallest absolute Gasteiger partial charge is 0.303 e. The Hall–Kier alpha value is -2.12. The van der Waals surface area contributed by atoms with Gasteiger partial charge in [0.15, 0.2) is 0 Å². The molecule has 35 heavy (non-hydrogen) atoms. The average Bonchev–Trinajstić information content (AvgIpc) is 2.81. The van der Waals surface area contributed by atoms with E-state index in [9.17, 15) is 14.7 Å². The summed E-state index contributed by atoms with van der Waals surface area (Å²) in [5, 5.41) is 18.8. The number of carboxylic acids is 1. The first-order valence-electron chi connectivity index (χ1n) is 13.3. The molecule has 1 aromatic carbocycles. The van der Waals surface area contributed by atoms with Gasteiger partial charge in [-0.2, -0.15) is 0 Å². The molecule has 0 spiro atoms. The van der Waals surface area contributed by atoms with Crippen molar-refractivity contribution in [1.29, 1.82) is 0 Å². The number of rotatable bonds is 11. The highest BCUT2D eigenvalue weighted by Crippen LogP contribution is 2.40. The van der Waals surface area contributed by atoms with Crippen LogP contribution < -0.4 is 0 Å². The van der Waals surface area contributed by atoms with Crippen LogP contribution in [0, 0.1) is 11.8 Å². The SMILES string of the molecule is C[C@H]1CN(CCCN(CC2CCCCC2)C(=O)CCCC(=O)O)CC[C@]1(C)c1cccc(O)c1.O. The van der Waals surface area contributed by atoms with Crippen LogP contribution in [-0.2, 0) is 15.0 Å². The Morgan fingerprint density at radius 2 is 1.89 bits per heavy atom. The molecule has 1 amide bonds. The molecule has 4 N–H and O–H groups in total. The fourth-order valence-electron chi connectivity index (χ4n) is 5.84. The molecule has 1 saturated heterocycles. The van der Waals surface area contributed by atoms with Crippen LogP contribution in [0.4, 0.5) is 0 Å². The number of aromatic hydroxyl groups is 1. The number of carbonyl (C=O) groups is 2. The van der Waals surface area contributed by atoms with Crippen LogP contribution in [-0.4, -0.2) is 70.1 Å². The Bertz CT molecular complexity index is 810. The maximum Gasteiger partial charge on any atom is 0.303 e. The van der Waals surface area contributed by atoms with Crippen molar-refractivity contribution in [2.24, 2.45) is 11.8 Å². The van der Waals surface area contributed by atoms with E-state index in [-0.39, 0.29) is 23.2 Å². The molecular formula is C28H46N2O5. The predicted molar refractivity (Wildman–Crippen MR) is 139 cm³/mol. The molecule has 0 radical (unpaired) electrons. The number of phenols is 1. The molecule has 0 aromatic heterocycles. The lowest BCUT2D eigenvalue weighted by molar-refractivity contribution is -0.137. The highest BCUT2D eigenvalue weighted by atomic mass is 16.4. The van der Waals surface area contributed by atoms with Crippen molar-refractivity contribution in [3.8, 4) is 5.75 Å². The molecule has 198 valence electrons. The van der Waals surface area contributed by atoms with E-state index < -0.39 is 5.97 Å². The third kappa shape index (κ3) is 8.50. The average molecular weight is 491 g/mol. The van der Waals surface area contributed by atoms with Gasteiger partial charge in [-0.3, -0.25) is 9.59 Å². The summed E-state index contributed by atoms with van der Waals surface area (Å²) >= 11 is 0. The Morgan fingerprint density at radius 3 is 2.54 bits per heavy atom. The lowest BCUT2D eigenvalue weighted by Gasteiger charge is -2.45. The Balaban J connectivity index is 0.00000432. The lowest BCUT2D eigenvalue weighted by atomic mass is 9.68. The molecular weight excluding hydrogens is 444 g/mol. The van der Waals surface area contributed by atoms with E-state index in [2.05, 4.69) is 24.8 Å². The number of piperidine rings is 1. The minimum atomic E-state index is -0.830. The van der Waals surface area contributed by atoms with Gasteiger partial charge < -0.3 is 25.5 Å². The number of hydrogen-bond donors (Lipinski definition) is 2. The van der Waals surface area contributed by atoms with Gasteiger partial charge in [0, 0.05) is 32.5 Å². The minimum Gasteiger partial charge on any atom is -0.508 e. The zero-order chi connectivity index (χ0) is 24.6. The van der Waals surface area contributed by atoms with Crippen LogP contribution >= 0.6 is 0 Å². The normalized spacial score (nSPS) is 23.4. The standard InChI is InChI=1S/C28H44N2O4.H2O/c1-22-20-29(18-15-28(22,2)24-11-6-12-25(31)19-24)16-8-17-30(21-23-9-4-3-5-10-23)26(32)13-7-14-27(33)34;/h6,11-12,19,22-23,31H,3-5,7-10,13-18,20-21H2,1-2H3,(H,33,34);1H2/t22-,28-;/m0./s1. The maximum absolute atomic E-state index is 12.9. The second kappa shape index (κ2) is 13.8. The second-order valence-corrected chi connectivity index (χ2v) is 10.9. The number of nitrogens with zero attached hydrogens (tertiary/aromatic N) is 2. The van der Waals surface area contributed by atoms with Crippen LogP contribution in [0.15, 0.2) is 24.3 Å². The van der Waals surface area contributed by atoms with Gasteiger partial charge in [0.25, 0.3) is 0 Å². The van der Waals surface area contributed by atoms with Crippen LogP contribution in [0.25, 0.3) is 0 Å². The number of aliphatic carboxylic acids is 1. The van der Waals surface area contributed by atoms with Crippen molar-refractivity contribution >= 4 is 11.9 Å². The van der Waals surface area contributed by atoms with Crippen LogP contribution in [0.5, 0.6) is 5.75 Å². The minimum absolute atomic E-state index is 0. The van der Waals surface area contributed by atoms with E-state index in [1.54, 1.807) is 6.07 Å². The van der Waals surface area contributed by atoms with Crippen molar-refractivity contribution in [1.82, 2.24) is 9.80 Å². The summed E-state index contributed by atoms with van der Waals surface area (Å²) in [4.78, 5) is 28.3. The third-order valence-electron chi connectivity index (χ3n) is 8.31. The molecule has 1 aromatic rings. The van der Waals surface area contributed by atoms with Crippen molar-refractivity contribution in [3.05, 3.63) is 29.8 Å². The van der Waals surface area contributed by atoms with Crippen molar-refractivity contribution in [2.75, 3.05) is 32.7 Å². The largest absolute Gasteiger partial charge is 0.508 e. The first kappa shape index (κ1) is 29.1. The lowest BCUT2D eigenvalue weighted by Crippen LogP contribution is -2.48. The molecule has 1 aliphatic carbocycles. The van der Waals surface area contributed by atoms with Crippen LogP contribution in [0.1, 0.15) is 83.6 Å². The number of carbonyl (C=O) groups excluding carboxylic acids is 1. The number of hydrogen-bond acceptors (Lipinski definition) is 4. The molecule has 2 fully saturated rings. The summed E-state index contributed by atoms with van der Waals surface area (Å²) in [5.41, 5.74) is 1.27. The van der Waals surface area contributed by atoms with E-state index in [0.717, 1.165) is 45.6 Å². The number of phenolic OH excluding ortho intramolecular Hbond substituents is 1. The number of benzene rings is 1. The summed E-state index contributed by atoms with van der Waals surface area (Å²) in [6.45, 7) is 9.22. The molecule has 7 nitrogen and oxygen atoms in total. The fourth-order valence-corrected chi connectivity index (χ4v) is 5.84. The summed E-state index contributed by atoms with van der Waals surface area (Å²) in [5.74, 6) is 0.688. The van der Waals surface area contributed by atoms with Gasteiger partial charge in [0.05, 0.1) is 0 Å². The fraction of sp³-hybridized carbons (Fsp3) is 0.714. The zero-order valence-electron chi connectivity index (χ0n) is 21.7. The monoisotopic (exact) mass is 490 g/mol. The molecule has 0 bridgehead atoms. The summed E-state index contributed by atoms with van der Waals surface area (Å²) in [7, 11) is 0. The summed E-state index contributed by atoms with van der Waals surface area (Å²) in [6.07, 6.45) is 9.06. The molecule has 2 atom stereocenters. The van der Waals surface area contributed by atoms with Gasteiger partial charge in [-0.15, -0.1) is 0 Å².